The van der Waals surface area contributed by atoms with Crippen LogP contribution in [0.5, 0.6) is 5.75 Å². The molecule has 90 valence electrons. The highest BCUT2D eigenvalue weighted by atomic mass is 19.1. The second-order valence-corrected chi connectivity index (χ2v) is 4.30. The van der Waals surface area contributed by atoms with E-state index in [1.54, 1.807) is 19.1 Å². The first-order valence-electron chi connectivity index (χ1n) is 5.72. The summed E-state index contributed by atoms with van der Waals surface area (Å²) in [5, 5.41) is 0. The normalized spacial score (nSPS) is 14.6. The van der Waals surface area contributed by atoms with Crippen LogP contribution in [0.3, 0.4) is 0 Å². The molecule has 1 aromatic carbocycles. The van der Waals surface area contributed by atoms with Crippen LogP contribution < -0.4 is 10.5 Å². The lowest BCUT2D eigenvalue weighted by molar-refractivity contribution is 0.255. The van der Waals surface area contributed by atoms with Crippen LogP contribution in [0.2, 0.25) is 0 Å². The van der Waals surface area contributed by atoms with Gasteiger partial charge < -0.3 is 10.5 Å². The van der Waals surface area contributed by atoms with E-state index < -0.39 is 0 Å². The van der Waals surface area contributed by atoms with Gasteiger partial charge in [0.1, 0.15) is 11.6 Å². The minimum Gasteiger partial charge on any atom is -0.493 e. The van der Waals surface area contributed by atoms with Gasteiger partial charge in [-0.3, -0.25) is 0 Å². The average molecular weight is 225 g/mol. The van der Waals surface area contributed by atoms with Crippen LogP contribution in [0, 0.1) is 11.7 Å². The van der Waals surface area contributed by atoms with Gasteiger partial charge in [0.25, 0.3) is 0 Å². The third-order valence-electron chi connectivity index (χ3n) is 2.69. The number of nitrogens with two attached hydrogens (primary N) is 1. The molecule has 2 atom stereocenters. The Morgan fingerprint density at radius 2 is 2.06 bits per heavy atom. The van der Waals surface area contributed by atoms with Gasteiger partial charge in [-0.05, 0) is 18.9 Å². The summed E-state index contributed by atoms with van der Waals surface area (Å²) in [6, 6.07) is 4.57. The van der Waals surface area contributed by atoms with Gasteiger partial charge >= 0.3 is 0 Å². The summed E-state index contributed by atoms with van der Waals surface area (Å²) in [5.41, 5.74) is 6.15. The molecule has 0 saturated carbocycles. The predicted molar refractivity (Wildman–Crippen MR) is 64.0 cm³/mol. The van der Waals surface area contributed by atoms with Gasteiger partial charge in [0, 0.05) is 17.7 Å². The van der Waals surface area contributed by atoms with E-state index >= 15 is 0 Å². The molecule has 2 N–H and O–H groups in total. The molecule has 0 heterocycles. The van der Waals surface area contributed by atoms with Crippen LogP contribution in [0.15, 0.2) is 18.2 Å². The van der Waals surface area contributed by atoms with Gasteiger partial charge in [-0.1, -0.05) is 26.3 Å². The Hall–Kier alpha value is -1.09. The summed E-state index contributed by atoms with van der Waals surface area (Å²) >= 11 is 0. The Balaban J connectivity index is 2.66. The molecule has 0 amide bonds. The van der Waals surface area contributed by atoms with Crippen molar-refractivity contribution in [3.8, 4) is 5.75 Å². The Bertz CT molecular complexity index is 339. The zero-order chi connectivity index (χ0) is 12.1. The Kier molecular flexibility index (Phi) is 4.74. The van der Waals surface area contributed by atoms with Crippen molar-refractivity contribution in [2.75, 3.05) is 6.61 Å². The van der Waals surface area contributed by atoms with E-state index in [4.69, 9.17) is 10.5 Å². The maximum Gasteiger partial charge on any atom is 0.131 e. The molecule has 0 saturated heterocycles. The molecule has 0 fully saturated rings. The first kappa shape index (κ1) is 13.0. The molecule has 1 rings (SSSR count). The number of halogens is 1. The summed E-state index contributed by atoms with van der Waals surface area (Å²) in [7, 11) is 0. The lowest BCUT2D eigenvalue weighted by Gasteiger charge is -2.13. The number of rotatable bonds is 5. The van der Waals surface area contributed by atoms with Gasteiger partial charge in [0.05, 0.1) is 6.61 Å². The summed E-state index contributed by atoms with van der Waals surface area (Å²) in [4.78, 5) is 0. The SMILES string of the molecule is CCC(C)COc1ccc(C(C)N)c(F)c1. The molecule has 2 unspecified atom stereocenters. The topological polar surface area (TPSA) is 35.2 Å². The molecular weight excluding hydrogens is 205 g/mol. The Morgan fingerprint density at radius 1 is 1.38 bits per heavy atom. The van der Waals surface area contributed by atoms with E-state index in [0.717, 1.165) is 6.42 Å². The largest absolute Gasteiger partial charge is 0.493 e. The molecule has 0 aliphatic carbocycles. The predicted octanol–water partition coefficient (Wildman–Crippen LogP) is 3.27. The minimum atomic E-state index is -0.295. The van der Waals surface area contributed by atoms with Crippen molar-refractivity contribution in [3.05, 3.63) is 29.6 Å². The smallest absolute Gasteiger partial charge is 0.131 e. The van der Waals surface area contributed by atoms with Gasteiger partial charge in [0.2, 0.25) is 0 Å². The molecular formula is C13H20FNO. The second kappa shape index (κ2) is 5.85. The van der Waals surface area contributed by atoms with Crippen LogP contribution in [0.4, 0.5) is 4.39 Å². The third-order valence-corrected chi connectivity index (χ3v) is 2.69. The van der Waals surface area contributed by atoms with Crippen LogP contribution >= 0.6 is 0 Å². The molecule has 0 spiro atoms. The Labute approximate surface area is 96.6 Å². The van der Waals surface area contributed by atoms with Crippen molar-refractivity contribution in [3.63, 3.8) is 0 Å². The number of benzene rings is 1. The molecule has 0 aliphatic rings. The molecule has 3 heteroatoms. The van der Waals surface area contributed by atoms with Crippen LogP contribution in [-0.4, -0.2) is 6.61 Å². The van der Waals surface area contributed by atoms with Crippen LogP contribution in [0.25, 0.3) is 0 Å². The van der Waals surface area contributed by atoms with Crippen molar-refractivity contribution in [2.45, 2.75) is 33.2 Å². The quantitative estimate of drug-likeness (QED) is 0.834. The summed E-state index contributed by atoms with van der Waals surface area (Å²) in [6.45, 7) is 6.59. The lowest BCUT2D eigenvalue weighted by atomic mass is 10.1. The fourth-order valence-electron chi connectivity index (χ4n) is 1.32. The average Bonchev–Trinajstić information content (AvgIpc) is 2.25. The highest BCUT2D eigenvalue weighted by Crippen LogP contribution is 2.21. The first-order valence-corrected chi connectivity index (χ1v) is 5.72. The van der Waals surface area contributed by atoms with E-state index in [2.05, 4.69) is 13.8 Å². The number of ether oxygens (including phenoxy) is 1. The molecule has 1 aromatic rings. The first-order chi connectivity index (χ1) is 7.54. The van der Waals surface area contributed by atoms with Gasteiger partial charge in [-0.2, -0.15) is 0 Å². The molecule has 0 bridgehead atoms. The van der Waals surface area contributed by atoms with E-state index in [0.29, 0.717) is 23.8 Å². The minimum absolute atomic E-state index is 0.288. The van der Waals surface area contributed by atoms with Crippen molar-refractivity contribution in [1.29, 1.82) is 0 Å². The molecule has 0 aliphatic heterocycles. The highest BCUT2D eigenvalue weighted by Gasteiger charge is 2.08. The van der Waals surface area contributed by atoms with Crippen molar-refractivity contribution < 1.29 is 9.13 Å². The van der Waals surface area contributed by atoms with E-state index in [1.807, 2.05) is 0 Å². The Morgan fingerprint density at radius 3 is 2.56 bits per heavy atom. The number of hydrogen-bond donors (Lipinski definition) is 1. The van der Waals surface area contributed by atoms with Gasteiger partial charge in [0.15, 0.2) is 0 Å². The summed E-state index contributed by atoms with van der Waals surface area (Å²) in [5.74, 6) is 0.759. The van der Waals surface area contributed by atoms with Crippen molar-refractivity contribution in [1.82, 2.24) is 0 Å². The van der Waals surface area contributed by atoms with E-state index in [-0.39, 0.29) is 11.9 Å². The van der Waals surface area contributed by atoms with E-state index in [1.165, 1.54) is 6.07 Å². The van der Waals surface area contributed by atoms with Crippen LogP contribution in [-0.2, 0) is 0 Å². The van der Waals surface area contributed by atoms with Crippen molar-refractivity contribution >= 4 is 0 Å². The van der Waals surface area contributed by atoms with Crippen molar-refractivity contribution in [2.24, 2.45) is 11.7 Å². The maximum atomic E-state index is 13.5. The highest BCUT2D eigenvalue weighted by molar-refractivity contribution is 5.30. The van der Waals surface area contributed by atoms with Gasteiger partial charge in [-0.25, -0.2) is 4.39 Å². The standard InChI is InChI=1S/C13H20FNO/c1-4-9(2)8-16-11-5-6-12(10(3)15)13(14)7-11/h5-7,9-10H,4,8,15H2,1-3H3. The molecule has 2 nitrogen and oxygen atoms in total. The maximum absolute atomic E-state index is 13.5. The molecule has 0 aromatic heterocycles. The monoisotopic (exact) mass is 225 g/mol. The zero-order valence-corrected chi connectivity index (χ0v) is 10.2. The fraction of sp³-hybridized carbons (Fsp3) is 0.538. The lowest BCUT2D eigenvalue weighted by Crippen LogP contribution is -2.09. The van der Waals surface area contributed by atoms with Gasteiger partial charge in [-0.15, -0.1) is 0 Å². The molecule has 0 radical (unpaired) electrons. The number of hydrogen-bond acceptors (Lipinski definition) is 2. The summed E-state index contributed by atoms with van der Waals surface area (Å²) in [6.07, 6.45) is 1.06. The fourth-order valence-corrected chi connectivity index (χ4v) is 1.32. The summed E-state index contributed by atoms with van der Waals surface area (Å²) < 4.78 is 19.0. The molecule has 16 heavy (non-hydrogen) atoms. The third kappa shape index (κ3) is 3.49. The van der Waals surface area contributed by atoms with E-state index in [9.17, 15) is 4.39 Å². The second-order valence-electron chi connectivity index (χ2n) is 4.30. The van der Waals surface area contributed by atoms with Crippen LogP contribution in [0.1, 0.15) is 38.8 Å². The zero-order valence-electron chi connectivity index (χ0n) is 10.2.